The van der Waals surface area contributed by atoms with Gasteiger partial charge in [0.25, 0.3) is 0 Å². The monoisotopic (exact) mass is 169 g/mol. The van der Waals surface area contributed by atoms with Gasteiger partial charge in [-0.05, 0) is 13.3 Å². The Labute approximate surface area is 72.7 Å². The van der Waals surface area contributed by atoms with Gasteiger partial charge in [0, 0.05) is 19.5 Å². The first-order chi connectivity index (χ1) is 5.74. The van der Waals surface area contributed by atoms with Crippen molar-refractivity contribution in [3.05, 3.63) is 11.6 Å². The molecule has 0 aromatic heterocycles. The second-order valence-electron chi connectivity index (χ2n) is 3.11. The number of amides is 1. The van der Waals surface area contributed by atoms with Gasteiger partial charge in [0.15, 0.2) is 0 Å². The van der Waals surface area contributed by atoms with Crippen LogP contribution in [0.15, 0.2) is 11.6 Å². The third-order valence-electron chi connectivity index (χ3n) is 2.11. The highest BCUT2D eigenvalue weighted by molar-refractivity contribution is 5.76. The maximum absolute atomic E-state index is 11.2. The molecule has 68 valence electrons. The third-order valence-corrected chi connectivity index (χ3v) is 2.11. The van der Waals surface area contributed by atoms with E-state index in [1.54, 1.807) is 4.90 Å². The molecule has 1 rings (SSSR count). The molecule has 0 atom stereocenters. The molecule has 1 N–H and O–H groups in total. The maximum Gasteiger partial charge on any atom is 0.225 e. The lowest BCUT2D eigenvalue weighted by Crippen LogP contribution is -2.34. The zero-order valence-electron chi connectivity index (χ0n) is 7.42. The van der Waals surface area contributed by atoms with E-state index >= 15 is 0 Å². The molecule has 0 aliphatic carbocycles. The molecule has 1 amide bonds. The zero-order chi connectivity index (χ0) is 8.97. The van der Waals surface area contributed by atoms with E-state index < -0.39 is 0 Å². The van der Waals surface area contributed by atoms with Crippen molar-refractivity contribution in [2.24, 2.45) is 0 Å². The van der Waals surface area contributed by atoms with Crippen LogP contribution in [0.5, 0.6) is 0 Å². The Morgan fingerprint density at radius 3 is 3.00 bits per heavy atom. The van der Waals surface area contributed by atoms with Crippen molar-refractivity contribution >= 4 is 5.91 Å². The van der Waals surface area contributed by atoms with E-state index in [9.17, 15) is 4.79 Å². The van der Waals surface area contributed by atoms with Gasteiger partial charge >= 0.3 is 0 Å². The fourth-order valence-electron chi connectivity index (χ4n) is 1.25. The molecular formula is C9H15NO2. The highest BCUT2D eigenvalue weighted by Crippen LogP contribution is 2.09. The summed E-state index contributed by atoms with van der Waals surface area (Å²) in [7, 11) is 0. The largest absolute Gasteiger partial charge is 0.396 e. The van der Waals surface area contributed by atoms with Gasteiger partial charge in [-0.15, -0.1) is 0 Å². The van der Waals surface area contributed by atoms with Crippen molar-refractivity contribution < 1.29 is 9.90 Å². The Morgan fingerprint density at radius 2 is 2.50 bits per heavy atom. The van der Waals surface area contributed by atoms with E-state index in [0.29, 0.717) is 6.54 Å². The molecule has 0 saturated carbocycles. The molecule has 0 fully saturated rings. The molecular weight excluding hydrogens is 154 g/mol. The lowest BCUT2D eigenvalue weighted by Gasteiger charge is -2.25. The molecule has 1 aliphatic rings. The Hall–Kier alpha value is -0.830. The Balaban J connectivity index is 2.40. The lowest BCUT2D eigenvalue weighted by atomic mass is 10.1. The number of carbonyl (C=O) groups excluding carboxylic acids is 1. The van der Waals surface area contributed by atoms with Crippen LogP contribution in [0.4, 0.5) is 0 Å². The summed E-state index contributed by atoms with van der Waals surface area (Å²) in [4.78, 5) is 13.0. The van der Waals surface area contributed by atoms with Crippen LogP contribution in [0.1, 0.15) is 19.8 Å². The summed E-state index contributed by atoms with van der Waals surface area (Å²) in [6.07, 6.45) is 3.29. The maximum atomic E-state index is 11.2. The molecule has 0 saturated heterocycles. The molecule has 0 unspecified atom stereocenters. The molecule has 0 aromatic carbocycles. The quantitative estimate of drug-likeness (QED) is 0.613. The van der Waals surface area contributed by atoms with E-state index in [2.05, 4.69) is 13.0 Å². The van der Waals surface area contributed by atoms with Crippen LogP contribution < -0.4 is 0 Å². The van der Waals surface area contributed by atoms with E-state index in [1.807, 2.05) is 0 Å². The fraction of sp³-hybridized carbons (Fsp3) is 0.667. The zero-order valence-corrected chi connectivity index (χ0v) is 7.42. The van der Waals surface area contributed by atoms with Crippen molar-refractivity contribution in [3.8, 4) is 0 Å². The second kappa shape index (κ2) is 4.26. The summed E-state index contributed by atoms with van der Waals surface area (Å²) in [5, 5.41) is 8.56. The van der Waals surface area contributed by atoms with Crippen LogP contribution in [0.25, 0.3) is 0 Å². The van der Waals surface area contributed by atoms with Crippen LogP contribution in [-0.2, 0) is 4.79 Å². The van der Waals surface area contributed by atoms with Gasteiger partial charge in [-0.2, -0.15) is 0 Å². The van der Waals surface area contributed by atoms with Gasteiger partial charge in [0.2, 0.25) is 5.91 Å². The number of aliphatic hydroxyl groups is 1. The van der Waals surface area contributed by atoms with Gasteiger partial charge in [0.05, 0.1) is 6.61 Å². The van der Waals surface area contributed by atoms with Crippen LogP contribution in [0.3, 0.4) is 0 Å². The van der Waals surface area contributed by atoms with Crippen molar-refractivity contribution in [2.45, 2.75) is 19.8 Å². The topological polar surface area (TPSA) is 40.5 Å². The molecule has 0 bridgehead atoms. The Morgan fingerprint density at radius 1 is 1.75 bits per heavy atom. The summed E-state index contributed by atoms with van der Waals surface area (Å²) >= 11 is 0. The second-order valence-corrected chi connectivity index (χ2v) is 3.11. The summed E-state index contributed by atoms with van der Waals surface area (Å²) < 4.78 is 0. The summed E-state index contributed by atoms with van der Waals surface area (Å²) in [5.41, 5.74) is 1.35. The minimum absolute atomic E-state index is 0.0436. The highest BCUT2D eigenvalue weighted by Gasteiger charge is 2.14. The first-order valence-electron chi connectivity index (χ1n) is 4.28. The predicted octanol–water partition coefficient (Wildman–Crippen LogP) is 0.547. The minimum atomic E-state index is -0.0436. The van der Waals surface area contributed by atoms with Crippen LogP contribution in [0, 0.1) is 0 Å². The summed E-state index contributed by atoms with van der Waals surface area (Å²) in [6.45, 7) is 3.55. The van der Waals surface area contributed by atoms with Gasteiger partial charge in [-0.25, -0.2) is 0 Å². The number of aliphatic hydroxyl groups excluding tert-OH is 1. The number of hydrogen-bond donors (Lipinski definition) is 1. The molecule has 0 spiro atoms. The van der Waals surface area contributed by atoms with Gasteiger partial charge in [-0.1, -0.05) is 11.6 Å². The van der Waals surface area contributed by atoms with E-state index in [1.165, 1.54) is 5.57 Å². The van der Waals surface area contributed by atoms with Gasteiger partial charge in [0.1, 0.15) is 0 Å². The lowest BCUT2D eigenvalue weighted by molar-refractivity contribution is -0.131. The first kappa shape index (κ1) is 9.26. The summed E-state index contributed by atoms with van der Waals surface area (Å²) in [6, 6.07) is 0. The standard InChI is InChI=1S/C9H15NO2/c1-8-2-5-10(6-3-8)9(12)4-7-11/h2,11H,3-7H2,1H3. The van der Waals surface area contributed by atoms with Crippen molar-refractivity contribution in [2.75, 3.05) is 19.7 Å². The number of nitrogens with zero attached hydrogens (tertiary/aromatic N) is 1. The van der Waals surface area contributed by atoms with Crippen LogP contribution >= 0.6 is 0 Å². The van der Waals surface area contributed by atoms with Crippen molar-refractivity contribution in [1.29, 1.82) is 0 Å². The fourth-order valence-corrected chi connectivity index (χ4v) is 1.25. The minimum Gasteiger partial charge on any atom is -0.396 e. The van der Waals surface area contributed by atoms with Gasteiger partial charge in [-0.3, -0.25) is 4.79 Å². The number of carbonyl (C=O) groups is 1. The number of rotatable bonds is 2. The molecule has 12 heavy (non-hydrogen) atoms. The highest BCUT2D eigenvalue weighted by atomic mass is 16.3. The van der Waals surface area contributed by atoms with E-state index in [0.717, 1.165) is 13.0 Å². The van der Waals surface area contributed by atoms with E-state index in [-0.39, 0.29) is 18.9 Å². The Bertz CT molecular complexity index is 199. The normalized spacial score (nSPS) is 17.5. The van der Waals surface area contributed by atoms with Crippen LogP contribution in [0.2, 0.25) is 0 Å². The average molecular weight is 169 g/mol. The van der Waals surface area contributed by atoms with Crippen molar-refractivity contribution in [1.82, 2.24) is 4.90 Å². The Kier molecular flexibility index (Phi) is 3.29. The molecule has 1 heterocycles. The molecule has 3 heteroatoms. The molecule has 0 aromatic rings. The molecule has 1 aliphatic heterocycles. The number of hydrogen-bond acceptors (Lipinski definition) is 2. The third kappa shape index (κ3) is 2.34. The SMILES string of the molecule is CC1=CCN(C(=O)CCO)CC1. The average Bonchev–Trinajstić information content (AvgIpc) is 2.06. The summed E-state index contributed by atoms with van der Waals surface area (Å²) in [5.74, 6) is 0.0567. The van der Waals surface area contributed by atoms with Crippen LogP contribution in [-0.4, -0.2) is 35.6 Å². The van der Waals surface area contributed by atoms with Gasteiger partial charge < -0.3 is 10.0 Å². The first-order valence-corrected chi connectivity index (χ1v) is 4.28. The predicted molar refractivity (Wildman–Crippen MR) is 46.7 cm³/mol. The smallest absolute Gasteiger partial charge is 0.225 e. The molecule has 3 nitrogen and oxygen atoms in total. The van der Waals surface area contributed by atoms with Crippen molar-refractivity contribution in [3.63, 3.8) is 0 Å². The van der Waals surface area contributed by atoms with E-state index in [4.69, 9.17) is 5.11 Å². The molecule has 0 radical (unpaired) electrons.